The summed E-state index contributed by atoms with van der Waals surface area (Å²) < 4.78 is 0. The summed E-state index contributed by atoms with van der Waals surface area (Å²) in [5.74, 6) is 0. The summed E-state index contributed by atoms with van der Waals surface area (Å²) in [6.45, 7) is 8.47. The number of hydrogen-bond acceptors (Lipinski definition) is 4. The van der Waals surface area contributed by atoms with E-state index in [-0.39, 0.29) is 0 Å². The van der Waals surface area contributed by atoms with E-state index in [0.717, 1.165) is 91.7 Å². The molecule has 0 aliphatic carbocycles. The van der Waals surface area contributed by atoms with Crippen molar-refractivity contribution in [1.29, 1.82) is 0 Å². The van der Waals surface area contributed by atoms with Crippen LogP contribution in [0.2, 0.25) is 0 Å². The Hall–Kier alpha value is -3.42. The monoisotopic (exact) mass is 529 g/mol. The van der Waals surface area contributed by atoms with Gasteiger partial charge in [-0.05, 0) is 84.3 Å². The number of aromatic amines is 3. The summed E-state index contributed by atoms with van der Waals surface area (Å²) in [5.41, 5.74) is 10.4. The summed E-state index contributed by atoms with van der Waals surface area (Å²) >= 11 is 3.45. The van der Waals surface area contributed by atoms with Crippen LogP contribution < -0.4 is 0 Å². The van der Waals surface area contributed by atoms with Crippen LogP contribution in [0.1, 0.15) is 70.9 Å². The normalized spacial score (nSPS) is 11.4. The number of nitrogens with one attached hydrogen (secondary N) is 3. The molecule has 0 saturated heterocycles. The van der Waals surface area contributed by atoms with Crippen molar-refractivity contribution < 1.29 is 9.59 Å². The highest BCUT2D eigenvalue weighted by atomic mass is 32.1. The van der Waals surface area contributed by atoms with Crippen molar-refractivity contribution >= 4 is 35.2 Å². The smallest absolute Gasteiger partial charge is 0.166 e. The second-order valence-electron chi connectivity index (χ2n) is 9.00. The van der Waals surface area contributed by atoms with Gasteiger partial charge >= 0.3 is 0 Å². The van der Waals surface area contributed by atoms with E-state index in [1.165, 1.54) is 11.1 Å². The molecule has 7 heteroatoms. The van der Waals surface area contributed by atoms with Crippen LogP contribution in [0.4, 0.5) is 0 Å². The Kier molecular flexibility index (Phi) is 7.17. The third-order valence-electron chi connectivity index (χ3n) is 7.07. The van der Waals surface area contributed by atoms with Gasteiger partial charge in [-0.25, -0.2) is 0 Å². The first-order valence-electron chi connectivity index (χ1n) is 12.8. The lowest BCUT2D eigenvalue weighted by molar-refractivity contribution is 0.111. The van der Waals surface area contributed by atoms with E-state index < -0.39 is 0 Å². The molecule has 5 aromatic heterocycles. The Labute approximate surface area is 225 Å². The average molecular weight is 530 g/mol. The van der Waals surface area contributed by atoms with Crippen molar-refractivity contribution in [2.45, 2.75) is 53.4 Å². The maximum absolute atomic E-state index is 11.6. The number of carbonyl (C=O) groups is 2. The van der Waals surface area contributed by atoms with Gasteiger partial charge in [-0.1, -0.05) is 27.7 Å². The van der Waals surface area contributed by atoms with Gasteiger partial charge in [0.05, 0.1) is 53.7 Å². The van der Waals surface area contributed by atoms with Crippen LogP contribution in [0.25, 0.3) is 42.3 Å². The molecular weight excluding hydrogens is 498 g/mol. The van der Waals surface area contributed by atoms with Gasteiger partial charge in [0.1, 0.15) is 0 Å². The molecular formula is C30H31N3O2S2. The predicted molar refractivity (Wildman–Crippen MR) is 155 cm³/mol. The predicted octanol–water partition coefficient (Wildman–Crippen LogP) is 8.34. The van der Waals surface area contributed by atoms with Gasteiger partial charge in [-0.3, -0.25) is 9.59 Å². The van der Waals surface area contributed by atoms with E-state index in [4.69, 9.17) is 0 Å². The lowest BCUT2D eigenvalue weighted by atomic mass is 10.0. The fourth-order valence-corrected chi connectivity index (χ4v) is 7.35. The van der Waals surface area contributed by atoms with Crippen LogP contribution in [-0.4, -0.2) is 27.5 Å². The molecule has 0 spiro atoms. The molecule has 0 saturated carbocycles. The summed E-state index contributed by atoms with van der Waals surface area (Å²) in [4.78, 5) is 38.1. The zero-order valence-electron chi connectivity index (χ0n) is 21.6. The van der Waals surface area contributed by atoms with E-state index in [1.807, 2.05) is 0 Å². The highest BCUT2D eigenvalue weighted by Gasteiger charge is 2.19. The van der Waals surface area contributed by atoms with Crippen molar-refractivity contribution in [1.82, 2.24) is 15.0 Å². The van der Waals surface area contributed by atoms with E-state index in [1.54, 1.807) is 22.7 Å². The molecule has 0 fully saturated rings. The summed E-state index contributed by atoms with van der Waals surface area (Å²) in [6.07, 6.45) is 5.32. The quantitative estimate of drug-likeness (QED) is 0.159. The summed E-state index contributed by atoms with van der Waals surface area (Å²) in [6, 6.07) is 12.8. The van der Waals surface area contributed by atoms with E-state index in [2.05, 4.69) is 79.0 Å². The van der Waals surface area contributed by atoms with Crippen molar-refractivity contribution in [3.05, 3.63) is 70.0 Å². The van der Waals surface area contributed by atoms with Gasteiger partial charge in [0.15, 0.2) is 12.6 Å². The molecule has 0 amide bonds. The maximum atomic E-state index is 11.6. The molecule has 0 atom stereocenters. The largest absolute Gasteiger partial charge is 0.353 e. The zero-order chi connectivity index (χ0) is 26.1. The minimum absolute atomic E-state index is 0.694. The highest BCUT2D eigenvalue weighted by Crippen LogP contribution is 2.40. The van der Waals surface area contributed by atoms with Gasteiger partial charge in [0, 0.05) is 0 Å². The molecule has 190 valence electrons. The van der Waals surface area contributed by atoms with Crippen LogP contribution >= 0.6 is 22.7 Å². The van der Waals surface area contributed by atoms with Gasteiger partial charge in [-0.2, -0.15) is 0 Å². The van der Waals surface area contributed by atoms with Crippen molar-refractivity contribution in [3.63, 3.8) is 0 Å². The van der Waals surface area contributed by atoms with Gasteiger partial charge in [-0.15, -0.1) is 22.7 Å². The molecule has 0 aliphatic rings. The molecule has 37 heavy (non-hydrogen) atoms. The Bertz CT molecular complexity index is 1460. The van der Waals surface area contributed by atoms with Crippen molar-refractivity contribution in [2.75, 3.05) is 0 Å². The number of H-pyrrole nitrogens is 3. The van der Waals surface area contributed by atoms with E-state index in [9.17, 15) is 9.59 Å². The molecule has 5 aromatic rings. The molecule has 0 unspecified atom stereocenters. The Morgan fingerprint density at radius 1 is 0.541 bits per heavy atom. The van der Waals surface area contributed by atoms with Crippen molar-refractivity contribution in [2.24, 2.45) is 0 Å². The van der Waals surface area contributed by atoms with Crippen LogP contribution in [0.3, 0.4) is 0 Å². The Morgan fingerprint density at radius 3 is 1.27 bits per heavy atom. The second kappa shape index (κ2) is 10.5. The molecule has 0 bridgehead atoms. The average Bonchev–Trinajstić information content (AvgIpc) is 3.74. The third kappa shape index (κ3) is 4.36. The van der Waals surface area contributed by atoms with Crippen LogP contribution in [-0.2, 0) is 25.7 Å². The topological polar surface area (TPSA) is 81.5 Å². The summed E-state index contributed by atoms with van der Waals surface area (Å²) in [5, 5.41) is 0. The molecule has 5 heterocycles. The first-order valence-corrected chi connectivity index (χ1v) is 14.5. The molecule has 0 aromatic carbocycles. The molecule has 0 radical (unpaired) electrons. The number of thiophene rings is 2. The van der Waals surface area contributed by atoms with Gasteiger partial charge in [0.25, 0.3) is 0 Å². The van der Waals surface area contributed by atoms with Crippen LogP contribution in [0.15, 0.2) is 36.4 Å². The standard InChI is InChI=1S/C30H31N3O2S2/c1-5-17-19(7-3)29(32-23(17)15-34)27-13-11-25(36-27)21-9-10-22(31-21)26-12-14-28(37-26)30-20(8-4)18(6-2)24(16-35)33-30/h9-16,31-33H,5-8H2,1-4H3. The first kappa shape index (κ1) is 25.2. The van der Waals surface area contributed by atoms with Gasteiger partial charge < -0.3 is 15.0 Å². The van der Waals surface area contributed by atoms with Crippen molar-refractivity contribution in [3.8, 4) is 42.3 Å². The molecule has 0 aliphatic heterocycles. The van der Waals surface area contributed by atoms with E-state index >= 15 is 0 Å². The molecule has 3 N–H and O–H groups in total. The zero-order valence-corrected chi connectivity index (χ0v) is 23.2. The number of hydrogen-bond donors (Lipinski definition) is 3. The van der Waals surface area contributed by atoms with Gasteiger partial charge in [0.2, 0.25) is 0 Å². The first-order chi connectivity index (χ1) is 18.1. The summed E-state index contributed by atoms with van der Waals surface area (Å²) in [7, 11) is 0. The number of rotatable bonds is 10. The number of aldehydes is 2. The van der Waals surface area contributed by atoms with E-state index in [0.29, 0.717) is 11.4 Å². The second-order valence-corrected chi connectivity index (χ2v) is 11.2. The Balaban J connectivity index is 1.44. The fraction of sp³-hybridized carbons (Fsp3) is 0.267. The lowest BCUT2D eigenvalue weighted by Gasteiger charge is -2.02. The molecule has 5 rings (SSSR count). The fourth-order valence-electron chi connectivity index (χ4n) is 5.32. The number of carbonyl (C=O) groups excluding carboxylic acids is 2. The molecule has 5 nitrogen and oxygen atoms in total. The lowest BCUT2D eigenvalue weighted by Crippen LogP contribution is -1.90. The van der Waals surface area contributed by atoms with Crippen LogP contribution in [0.5, 0.6) is 0 Å². The number of aromatic nitrogens is 3. The highest BCUT2D eigenvalue weighted by molar-refractivity contribution is 7.19. The third-order valence-corrected chi connectivity index (χ3v) is 9.35. The van der Waals surface area contributed by atoms with Crippen LogP contribution in [0, 0.1) is 0 Å². The Morgan fingerprint density at radius 2 is 0.919 bits per heavy atom. The minimum Gasteiger partial charge on any atom is -0.353 e. The maximum Gasteiger partial charge on any atom is 0.166 e. The SMILES string of the molecule is CCc1c(C=O)[nH]c(-c2ccc(-c3ccc(-c4ccc(-c5[nH]c(C=O)c(CC)c5CC)s4)[nH]3)s2)c1CC. The minimum atomic E-state index is 0.694.